The SMILES string of the molecule is CCCOC(=O)c1oc2c(F)cccc2c1C. The molecule has 3 nitrogen and oxygen atoms in total. The van der Waals surface area contributed by atoms with Crippen molar-refractivity contribution >= 4 is 16.9 Å². The zero-order chi connectivity index (χ0) is 12.4. The smallest absolute Gasteiger partial charge is 0.374 e. The Morgan fingerprint density at radius 1 is 1.47 bits per heavy atom. The van der Waals surface area contributed by atoms with Gasteiger partial charge >= 0.3 is 5.97 Å². The van der Waals surface area contributed by atoms with Crippen LogP contribution in [0, 0.1) is 12.7 Å². The first-order valence-electron chi connectivity index (χ1n) is 5.50. The predicted octanol–water partition coefficient (Wildman–Crippen LogP) is 3.45. The zero-order valence-electron chi connectivity index (χ0n) is 9.75. The van der Waals surface area contributed by atoms with Gasteiger partial charge in [0.1, 0.15) is 0 Å². The van der Waals surface area contributed by atoms with Crippen LogP contribution < -0.4 is 0 Å². The quantitative estimate of drug-likeness (QED) is 0.766. The van der Waals surface area contributed by atoms with Gasteiger partial charge in [-0.1, -0.05) is 19.1 Å². The van der Waals surface area contributed by atoms with Gasteiger partial charge in [0.05, 0.1) is 6.61 Å². The van der Waals surface area contributed by atoms with E-state index in [2.05, 4.69) is 0 Å². The van der Waals surface area contributed by atoms with Crippen LogP contribution in [0.15, 0.2) is 22.6 Å². The molecule has 90 valence electrons. The van der Waals surface area contributed by atoms with Crippen molar-refractivity contribution in [2.75, 3.05) is 6.61 Å². The Morgan fingerprint density at radius 3 is 2.88 bits per heavy atom. The molecule has 2 aromatic rings. The van der Waals surface area contributed by atoms with Gasteiger partial charge in [-0.2, -0.15) is 0 Å². The molecule has 0 spiro atoms. The summed E-state index contributed by atoms with van der Waals surface area (Å²) >= 11 is 0. The number of para-hydroxylation sites is 1. The number of rotatable bonds is 3. The molecule has 0 N–H and O–H groups in total. The molecule has 4 heteroatoms. The minimum Gasteiger partial charge on any atom is -0.460 e. The highest BCUT2D eigenvalue weighted by atomic mass is 19.1. The highest BCUT2D eigenvalue weighted by molar-refractivity contribution is 5.96. The van der Waals surface area contributed by atoms with E-state index in [-0.39, 0.29) is 11.3 Å². The van der Waals surface area contributed by atoms with E-state index < -0.39 is 11.8 Å². The normalized spacial score (nSPS) is 10.8. The Kier molecular flexibility index (Phi) is 3.13. The molecule has 1 heterocycles. The number of benzene rings is 1. The number of carbonyl (C=O) groups is 1. The van der Waals surface area contributed by atoms with E-state index in [0.29, 0.717) is 17.6 Å². The van der Waals surface area contributed by atoms with Crippen LogP contribution in [0.4, 0.5) is 4.39 Å². The van der Waals surface area contributed by atoms with Gasteiger partial charge in [-0.3, -0.25) is 0 Å². The van der Waals surface area contributed by atoms with Crippen LogP contribution in [0.2, 0.25) is 0 Å². The first-order valence-corrected chi connectivity index (χ1v) is 5.50. The molecule has 1 aromatic carbocycles. The Morgan fingerprint density at radius 2 is 2.24 bits per heavy atom. The third-order valence-corrected chi connectivity index (χ3v) is 2.54. The van der Waals surface area contributed by atoms with Gasteiger partial charge in [0.25, 0.3) is 0 Å². The van der Waals surface area contributed by atoms with Gasteiger partial charge in [0, 0.05) is 10.9 Å². The van der Waals surface area contributed by atoms with Gasteiger partial charge in [0.2, 0.25) is 5.76 Å². The molecule has 0 bridgehead atoms. The van der Waals surface area contributed by atoms with Gasteiger partial charge in [0.15, 0.2) is 11.4 Å². The Bertz CT molecular complexity index is 557. The van der Waals surface area contributed by atoms with E-state index in [1.807, 2.05) is 6.92 Å². The molecular weight excluding hydrogens is 223 g/mol. The summed E-state index contributed by atoms with van der Waals surface area (Å²) in [6, 6.07) is 4.60. The topological polar surface area (TPSA) is 39.4 Å². The molecule has 0 unspecified atom stereocenters. The molecule has 0 aliphatic carbocycles. The lowest BCUT2D eigenvalue weighted by molar-refractivity contribution is 0.0470. The second kappa shape index (κ2) is 4.57. The summed E-state index contributed by atoms with van der Waals surface area (Å²) in [5.74, 6) is -0.932. The molecule has 2 rings (SSSR count). The van der Waals surface area contributed by atoms with E-state index >= 15 is 0 Å². The van der Waals surface area contributed by atoms with Crippen molar-refractivity contribution in [2.24, 2.45) is 0 Å². The molecule has 17 heavy (non-hydrogen) atoms. The average molecular weight is 236 g/mol. The summed E-state index contributed by atoms with van der Waals surface area (Å²) < 4.78 is 23.7. The van der Waals surface area contributed by atoms with Crippen molar-refractivity contribution in [3.8, 4) is 0 Å². The zero-order valence-corrected chi connectivity index (χ0v) is 9.75. The molecule has 1 aromatic heterocycles. The maximum Gasteiger partial charge on any atom is 0.374 e. The molecule has 0 atom stereocenters. The maximum atomic E-state index is 13.4. The molecule has 0 aliphatic rings. The standard InChI is InChI=1S/C13H13FO3/c1-3-7-16-13(15)11-8(2)9-5-4-6-10(14)12(9)17-11/h4-6H,3,7H2,1-2H3. The van der Waals surface area contributed by atoms with Crippen LogP contribution in [0.3, 0.4) is 0 Å². The fraction of sp³-hybridized carbons (Fsp3) is 0.308. The van der Waals surface area contributed by atoms with E-state index in [9.17, 15) is 9.18 Å². The lowest BCUT2D eigenvalue weighted by Gasteiger charge is -2.00. The number of furan rings is 1. The molecule has 0 fully saturated rings. The third-order valence-electron chi connectivity index (χ3n) is 2.54. The minimum absolute atomic E-state index is 0.0820. The number of fused-ring (bicyclic) bond motifs is 1. The monoisotopic (exact) mass is 236 g/mol. The van der Waals surface area contributed by atoms with Crippen molar-refractivity contribution in [2.45, 2.75) is 20.3 Å². The van der Waals surface area contributed by atoms with Crippen LogP contribution in [0.1, 0.15) is 29.5 Å². The number of carbonyl (C=O) groups excluding carboxylic acids is 1. The lowest BCUT2D eigenvalue weighted by atomic mass is 10.1. The first kappa shape index (κ1) is 11.6. The lowest BCUT2D eigenvalue weighted by Crippen LogP contribution is -2.05. The van der Waals surface area contributed by atoms with E-state index in [4.69, 9.17) is 9.15 Å². The number of halogens is 1. The van der Waals surface area contributed by atoms with Crippen LogP contribution in [-0.4, -0.2) is 12.6 Å². The van der Waals surface area contributed by atoms with Crippen molar-refractivity contribution in [3.63, 3.8) is 0 Å². The summed E-state index contributed by atoms with van der Waals surface area (Å²) in [4.78, 5) is 11.7. The van der Waals surface area contributed by atoms with Gasteiger partial charge in [-0.05, 0) is 19.4 Å². The fourth-order valence-corrected chi connectivity index (χ4v) is 1.66. The molecule has 0 aliphatic heterocycles. The average Bonchev–Trinajstić information content (AvgIpc) is 2.66. The summed E-state index contributed by atoms with van der Waals surface area (Å²) in [5.41, 5.74) is 0.717. The first-order chi connectivity index (χ1) is 8.15. The third kappa shape index (κ3) is 2.02. The van der Waals surface area contributed by atoms with Crippen LogP contribution in [0.5, 0.6) is 0 Å². The fourth-order valence-electron chi connectivity index (χ4n) is 1.66. The molecule has 0 saturated heterocycles. The largest absolute Gasteiger partial charge is 0.460 e. The van der Waals surface area contributed by atoms with E-state index in [1.54, 1.807) is 19.1 Å². The maximum absolute atomic E-state index is 13.4. The van der Waals surface area contributed by atoms with Crippen molar-refractivity contribution < 1.29 is 18.3 Å². The van der Waals surface area contributed by atoms with Crippen molar-refractivity contribution in [1.82, 2.24) is 0 Å². The van der Waals surface area contributed by atoms with E-state index in [0.717, 1.165) is 6.42 Å². The highest BCUT2D eigenvalue weighted by Crippen LogP contribution is 2.27. The number of esters is 1. The Hall–Kier alpha value is -1.84. The van der Waals surface area contributed by atoms with Crippen molar-refractivity contribution in [1.29, 1.82) is 0 Å². The summed E-state index contributed by atoms with van der Waals surface area (Å²) in [5, 5.41) is 0.605. The minimum atomic E-state index is -0.542. The van der Waals surface area contributed by atoms with Gasteiger partial charge < -0.3 is 9.15 Å². The van der Waals surface area contributed by atoms with E-state index in [1.165, 1.54) is 6.07 Å². The van der Waals surface area contributed by atoms with Gasteiger partial charge in [-0.15, -0.1) is 0 Å². The van der Waals surface area contributed by atoms with Crippen LogP contribution in [0.25, 0.3) is 11.0 Å². The van der Waals surface area contributed by atoms with Gasteiger partial charge in [-0.25, -0.2) is 9.18 Å². The number of aryl methyl sites for hydroxylation is 1. The second-order valence-electron chi connectivity index (χ2n) is 3.81. The highest BCUT2D eigenvalue weighted by Gasteiger charge is 2.20. The number of hydrogen-bond donors (Lipinski definition) is 0. The molecule has 0 amide bonds. The van der Waals surface area contributed by atoms with Crippen LogP contribution in [-0.2, 0) is 4.74 Å². The molecule has 0 saturated carbocycles. The molecular formula is C13H13FO3. The van der Waals surface area contributed by atoms with Crippen LogP contribution >= 0.6 is 0 Å². The summed E-state index contributed by atoms with van der Waals surface area (Å²) in [6.45, 7) is 3.95. The predicted molar refractivity (Wildman–Crippen MR) is 61.5 cm³/mol. The second-order valence-corrected chi connectivity index (χ2v) is 3.81. The number of hydrogen-bond acceptors (Lipinski definition) is 3. The van der Waals surface area contributed by atoms with Crippen molar-refractivity contribution in [3.05, 3.63) is 35.3 Å². The molecule has 0 radical (unpaired) electrons. The Balaban J connectivity index is 2.45. The summed E-state index contributed by atoms with van der Waals surface area (Å²) in [7, 11) is 0. The Labute approximate surface area is 98.2 Å². The summed E-state index contributed by atoms with van der Waals surface area (Å²) in [6.07, 6.45) is 0.735. The number of ether oxygens (including phenoxy) is 1.